The Morgan fingerprint density at radius 3 is 2.80 bits per heavy atom. The molecule has 30 heavy (non-hydrogen) atoms. The van der Waals surface area contributed by atoms with E-state index < -0.39 is 0 Å². The molecule has 2 N–H and O–H groups in total. The van der Waals surface area contributed by atoms with Crippen molar-refractivity contribution in [3.05, 3.63) is 64.8 Å². The highest BCUT2D eigenvalue weighted by molar-refractivity contribution is 5.70. The van der Waals surface area contributed by atoms with E-state index in [1.807, 2.05) is 31.2 Å². The van der Waals surface area contributed by atoms with Crippen molar-refractivity contribution < 1.29 is 4.74 Å². The summed E-state index contributed by atoms with van der Waals surface area (Å²) in [6.45, 7) is 4.16. The number of morpholine rings is 1. The van der Waals surface area contributed by atoms with Crippen molar-refractivity contribution in [2.75, 3.05) is 30.0 Å². The van der Waals surface area contributed by atoms with Gasteiger partial charge in [0.05, 0.1) is 19.3 Å². The van der Waals surface area contributed by atoms with Crippen molar-refractivity contribution in [1.29, 1.82) is 0 Å². The van der Waals surface area contributed by atoms with E-state index in [1.54, 1.807) is 18.5 Å². The van der Waals surface area contributed by atoms with E-state index in [1.165, 1.54) is 12.8 Å². The van der Waals surface area contributed by atoms with Crippen LogP contribution < -0.4 is 15.8 Å². The van der Waals surface area contributed by atoms with Gasteiger partial charge in [-0.3, -0.25) is 9.78 Å². The molecular formula is C23H25N5O2. The van der Waals surface area contributed by atoms with Gasteiger partial charge in [0.2, 0.25) is 5.56 Å². The molecule has 0 aromatic carbocycles. The summed E-state index contributed by atoms with van der Waals surface area (Å²) in [7, 11) is 0. The zero-order valence-electron chi connectivity index (χ0n) is 17.0. The van der Waals surface area contributed by atoms with Crippen molar-refractivity contribution in [3.63, 3.8) is 0 Å². The number of anilines is 3. The normalized spacial score (nSPS) is 19.0. The summed E-state index contributed by atoms with van der Waals surface area (Å²) in [4.78, 5) is 26.5. The lowest BCUT2D eigenvalue weighted by molar-refractivity contribution is 0.0874. The molecule has 0 bridgehead atoms. The van der Waals surface area contributed by atoms with Crippen LogP contribution in [0.1, 0.15) is 18.5 Å². The van der Waals surface area contributed by atoms with E-state index in [2.05, 4.69) is 31.2 Å². The molecule has 154 valence electrons. The number of hydrogen-bond donors (Lipinski definition) is 2. The van der Waals surface area contributed by atoms with Crippen LogP contribution in [-0.2, 0) is 4.74 Å². The predicted molar refractivity (Wildman–Crippen MR) is 117 cm³/mol. The summed E-state index contributed by atoms with van der Waals surface area (Å²) >= 11 is 0. The second-order valence-electron chi connectivity index (χ2n) is 8.03. The first-order valence-electron chi connectivity index (χ1n) is 10.4. The van der Waals surface area contributed by atoms with Gasteiger partial charge in [-0.15, -0.1) is 0 Å². The third-order valence-corrected chi connectivity index (χ3v) is 5.73. The highest BCUT2D eigenvalue weighted by Gasteiger charge is 2.37. The predicted octanol–water partition coefficient (Wildman–Crippen LogP) is 3.50. The number of pyridine rings is 3. The van der Waals surface area contributed by atoms with E-state index >= 15 is 0 Å². The van der Waals surface area contributed by atoms with Gasteiger partial charge in [-0.2, -0.15) is 0 Å². The molecule has 0 spiro atoms. The van der Waals surface area contributed by atoms with Gasteiger partial charge in [0, 0.05) is 36.4 Å². The Kier molecular flexibility index (Phi) is 4.96. The maximum Gasteiger partial charge on any atom is 0.250 e. The molecule has 2 aliphatic rings. The molecule has 3 aromatic rings. The van der Waals surface area contributed by atoms with Crippen molar-refractivity contribution in [1.82, 2.24) is 15.0 Å². The molecule has 1 aliphatic carbocycles. The second kappa shape index (κ2) is 7.91. The fourth-order valence-electron chi connectivity index (χ4n) is 4.09. The van der Waals surface area contributed by atoms with Crippen LogP contribution in [0.2, 0.25) is 0 Å². The van der Waals surface area contributed by atoms with Crippen LogP contribution in [0.3, 0.4) is 0 Å². The van der Waals surface area contributed by atoms with E-state index in [-0.39, 0.29) is 5.56 Å². The Hall–Kier alpha value is -3.19. The zero-order chi connectivity index (χ0) is 20.5. The summed E-state index contributed by atoms with van der Waals surface area (Å²) in [5.41, 5.74) is 3.60. The number of rotatable bonds is 5. The Bertz CT molecular complexity index is 1110. The standard InChI is InChI=1S/C23H25N5O2/c1-15-10-19(5-7-24-15)26-21-11-17(4-6-25-21)18-12-22(27-23(29)13-18)28-8-9-30-14-20(28)16-2-3-16/h4-7,10-13,16,20H,2-3,8-9,14H2,1H3,(H,27,29)(H,24,25,26). The van der Waals surface area contributed by atoms with Crippen LogP contribution in [0.15, 0.2) is 53.6 Å². The molecule has 4 heterocycles. The van der Waals surface area contributed by atoms with E-state index in [0.717, 1.165) is 47.3 Å². The molecule has 0 amide bonds. The topological polar surface area (TPSA) is 83.1 Å². The molecule has 5 rings (SSSR count). The quantitative estimate of drug-likeness (QED) is 0.678. The van der Waals surface area contributed by atoms with Crippen molar-refractivity contribution in [2.45, 2.75) is 25.8 Å². The Morgan fingerprint density at radius 1 is 1.10 bits per heavy atom. The van der Waals surface area contributed by atoms with E-state index in [4.69, 9.17) is 4.74 Å². The number of aromatic nitrogens is 3. The van der Waals surface area contributed by atoms with Crippen LogP contribution >= 0.6 is 0 Å². The number of aromatic amines is 1. The van der Waals surface area contributed by atoms with Gasteiger partial charge in [0.15, 0.2) is 0 Å². The molecular weight excluding hydrogens is 378 g/mol. The van der Waals surface area contributed by atoms with Crippen molar-refractivity contribution in [2.24, 2.45) is 5.92 Å². The van der Waals surface area contributed by atoms with Gasteiger partial charge in [0.1, 0.15) is 11.6 Å². The molecule has 7 nitrogen and oxygen atoms in total. The fourth-order valence-corrected chi connectivity index (χ4v) is 4.09. The molecule has 1 atom stereocenters. The van der Waals surface area contributed by atoms with Gasteiger partial charge >= 0.3 is 0 Å². The highest BCUT2D eigenvalue weighted by atomic mass is 16.5. The second-order valence-corrected chi connectivity index (χ2v) is 8.03. The average molecular weight is 403 g/mol. The van der Waals surface area contributed by atoms with Gasteiger partial charge < -0.3 is 19.9 Å². The number of ether oxygens (including phenoxy) is 1. The third kappa shape index (κ3) is 4.07. The first-order valence-corrected chi connectivity index (χ1v) is 10.4. The maximum absolute atomic E-state index is 12.5. The first kappa shape index (κ1) is 18.8. The maximum atomic E-state index is 12.5. The van der Waals surface area contributed by atoms with E-state index in [9.17, 15) is 4.79 Å². The Balaban J connectivity index is 1.45. The lowest BCUT2D eigenvalue weighted by Gasteiger charge is -2.37. The Labute approximate surface area is 175 Å². The van der Waals surface area contributed by atoms with Gasteiger partial charge in [0.25, 0.3) is 0 Å². The highest BCUT2D eigenvalue weighted by Crippen LogP contribution is 2.38. The fraction of sp³-hybridized carbons (Fsp3) is 0.348. The molecule has 2 fully saturated rings. The third-order valence-electron chi connectivity index (χ3n) is 5.73. The smallest absolute Gasteiger partial charge is 0.250 e. The van der Waals surface area contributed by atoms with Crippen molar-refractivity contribution >= 4 is 17.3 Å². The van der Waals surface area contributed by atoms with Gasteiger partial charge in [-0.25, -0.2) is 4.98 Å². The number of H-pyrrole nitrogens is 1. The van der Waals surface area contributed by atoms with Crippen molar-refractivity contribution in [3.8, 4) is 11.1 Å². The molecule has 1 unspecified atom stereocenters. The number of aryl methyl sites for hydroxylation is 1. The molecule has 1 saturated carbocycles. The SMILES string of the molecule is Cc1cc(Nc2cc(-c3cc(N4CCOCC4C4CC4)[nH]c(=O)c3)ccn2)ccn1. The summed E-state index contributed by atoms with van der Waals surface area (Å²) in [5, 5.41) is 3.31. The summed E-state index contributed by atoms with van der Waals surface area (Å²) in [6.07, 6.45) is 6.00. The zero-order valence-corrected chi connectivity index (χ0v) is 17.0. The summed E-state index contributed by atoms with van der Waals surface area (Å²) in [5.74, 6) is 2.26. The van der Waals surface area contributed by atoms with Crippen LogP contribution in [0.5, 0.6) is 0 Å². The number of nitrogens with zero attached hydrogens (tertiary/aromatic N) is 3. The number of hydrogen-bond acceptors (Lipinski definition) is 6. The molecule has 7 heteroatoms. The van der Waals surface area contributed by atoms with Crippen LogP contribution in [0, 0.1) is 12.8 Å². The van der Waals surface area contributed by atoms with Crippen LogP contribution in [0.25, 0.3) is 11.1 Å². The first-order chi connectivity index (χ1) is 14.7. The van der Waals surface area contributed by atoms with Crippen LogP contribution in [-0.4, -0.2) is 40.8 Å². The van der Waals surface area contributed by atoms with Gasteiger partial charge in [-0.05, 0) is 67.1 Å². The summed E-state index contributed by atoms with van der Waals surface area (Å²) in [6, 6.07) is 11.8. The molecule has 3 aromatic heterocycles. The monoisotopic (exact) mass is 403 g/mol. The molecule has 0 radical (unpaired) electrons. The lowest BCUT2D eigenvalue weighted by Crippen LogP contribution is -2.47. The van der Waals surface area contributed by atoms with E-state index in [0.29, 0.717) is 18.6 Å². The number of nitrogens with one attached hydrogen (secondary N) is 2. The van der Waals surface area contributed by atoms with Crippen LogP contribution in [0.4, 0.5) is 17.3 Å². The Morgan fingerprint density at radius 2 is 1.97 bits per heavy atom. The minimum atomic E-state index is -0.0976. The van der Waals surface area contributed by atoms with Gasteiger partial charge in [-0.1, -0.05) is 0 Å². The molecule has 1 aliphatic heterocycles. The largest absolute Gasteiger partial charge is 0.377 e. The summed E-state index contributed by atoms with van der Waals surface area (Å²) < 4.78 is 5.71. The minimum absolute atomic E-state index is 0.0976. The lowest BCUT2D eigenvalue weighted by atomic mass is 10.1. The minimum Gasteiger partial charge on any atom is -0.377 e. The molecule has 1 saturated heterocycles. The average Bonchev–Trinajstić information content (AvgIpc) is 3.59.